The van der Waals surface area contributed by atoms with Crippen molar-refractivity contribution < 1.29 is 14.3 Å². The first-order valence-corrected chi connectivity index (χ1v) is 5.63. The summed E-state index contributed by atoms with van der Waals surface area (Å²) in [6.07, 6.45) is 1.77. The third-order valence-corrected chi connectivity index (χ3v) is 2.49. The molecular weight excluding hydrogens is 210 g/mol. The number of nitrogens with two attached hydrogens (primary N) is 1. The third kappa shape index (κ3) is 4.34. The summed E-state index contributed by atoms with van der Waals surface area (Å²) in [5.74, 6) is 5.53. The molecule has 1 rings (SSSR count). The minimum absolute atomic E-state index is 0.0804. The van der Waals surface area contributed by atoms with Gasteiger partial charge in [0, 0.05) is 33.4 Å². The molecular formula is C10H21N3O3. The molecule has 0 aliphatic carbocycles. The van der Waals surface area contributed by atoms with Crippen LogP contribution < -0.4 is 5.84 Å². The molecule has 0 aromatic heterocycles. The molecule has 1 aliphatic heterocycles. The second kappa shape index (κ2) is 7.43. The highest BCUT2D eigenvalue weighted by molar-refractivity contribution is 5.74. The molecule has 2 N–H and O–H groups in total. The summed E-state index contributed by atoms with van der Waals surface area (Å²) in [7, 11) is 1.64. The fraction of sp³-hybridized carbons (Fsp3) is 0.900. The predicted molar refractivity (Wildman–Crippen MR) is 59.8 cm³/mol. The Hall–Kier alpha value is -0.850. The minimum atomic E-state index is -0.0804. The zero-order chi connectivity index (χ0) is 11.8. The molecule has 0 spiro atoms. The number of methoxy groups -OCH3 is 1. The van der Waals surface area contributed by atoms with Crippen LogP contribution in [-0.2, 0) is 9.47 Å². The van der Waals surface area contributed by atoms with Gasteiger partial charge < -0.3 is 14.4 Å². The van der Waals surface area contributed by atoms with Crippen LogP contribution >= 0.6 is 0 Å². The van der Waals surface area contributed by atoms with Crippen molar-refractivity contribution in [3.8, 4) is 0 Å². The number of urea groups is 1. The highest BCUT2D eigenvalue weighted by Gasteiger charge is 2.22. The normalized spacial score (nSPS) is 17.0. The van der Waals surface area contributed by atoms with Crippen molar-refractivity contribution in [2.75, 3.05) is 46.6 Å². The Balaban J connectivity index is 2.05. The zero-order valence-electron chi connectivity index (χ0n) is 9.85. The Morgan fingerprint density at radius 3 is 2.88 bits per heavy atom. The average Bonchev–Trinajstić information content (AvgIpc) is 2.29. The number of nitrogens with zero attached hydrogens (tertiary/aromatic N) is 2. The van der Waals surface area contributed by atoms with E-state index in [1.807, 2.05) is 0 Å². The minimum Gasteiger partial charge on any atom is -0.382 e. The van der Waals surface area contributed by atoms with Crippen molar-refractivity contribution in [1.29, 1.82) is 0 Å². The van der Waals surface area contributed by atoms with Crippen LogP contribution in [0.4, 0.5) is 4.79 Å². The summed E-state index contributed by atoms with van der Waals surface area (Å²) in [5.41, 5.74) is 0. The lowest BCUT2D eigenvalue weighted by molar-refractivity contribution is 0.0637. The maximum absolute atomic E-state index is 11.6. The van der Waals surface area contributed by atoms with Gasteiger partial charge in [0.25, 0.3) is 0 Å². The van der Waals surface area contributed by atoms with Crippen molar-refractivity contribution in [1.82, 2.24) is 9.91 Å². The van der Waals surface area contributed by atoms with Crippen LogP contribution in [-0.4, -0.2) is 62.5 Å². The van der Waals surface area contributed by atoms with E-state index in [9.17, 15) is 4.79 Å². The fourth-order valence-corrected chi connectivity index (χ4v) is 1.61. The van der Waals surface area contributed by atoms with Crippen LogP contribution in [0.15, 0.2) is 0 Å². The van der Waals surface area contributed by atoms with E-state index in [-0.39, 0.29) is 6.03 Å². The van der Waals surface area contributed by atoms with E-state index in [4.69, 9.17) is 15.3 Å². The highest BCUT2D eigenvalue weighted by atomic mass is 16.5. The lowest BCUT2D eigenvalue weighted by atomic mass is 10.3. The first-order valence-electron chi connectivity index (χ1n) is 5.63. The van der Waals surface area contributed by atoms with Gasteiger partial charge in [0.2, 0.25) is 0 Å². The molecule has 1 aliphatic rings. The summed E-state index contributed by atoms with van der Waals surface area (Å²) >= 11 is 0. The SMILES string of the molecule is COCCOCCCN1CCCN(N)C1=O. The van der Waals surface area contributed by atoms with E-state index < -0.39 is 0 Å². The molecule has 0 radical (unpaired) electrons. The second-order valence-electron chi connectivity index (χ2n) is 3.78. The maximum atomic E-state index is 11.6. The molecule has 0 saturated carbocycles. The molecule has 0 aromatic rings. The Labute approximate surface area is 96.2 Å². The molecule has 6 nitrogen and oxygen atoms in total. The summed E-state index contributed by atoms with van der Waals surface area (Å²) in [6.45, 7) is 4.02. The molecule has 2 amide bonds. The second-order valence-corrected chi connectivity index (χ2v) is 3.78. The predicted octanol–water partition coefficient (Wildman–Crippen LogP) is 0.0409. The highest BCUT2D eigenvalue weighted by Crippen LogP contribution is 2.05. The van der Waals surface area contributed by atoms with E-state index >= 15 is 0 Å². The monoisotopic (exact) mass is 231 g/mol. The van der Waals surface area contributed by atoms with Crippen molar-refractivity contribution in [2.24, 2.45) is 5.84 Å². The summed E-state index contributed by atoms with van der Waals surface area (Å²) in [6, 6.07) is -0.0804. The van der Waals surface area contributed by atoms with Gasteiger partial charge in [-0.1, -0.05) is 0 Å². The average molecular weight is 231 g/mol. The van der Waals surface area contributed by atoms with Crippen LogP contribution in [0.3, 0.4) is 0 Å². The summed E-state index contributed by atoms with van der Waals surface area (Å²) in [4.78, 5) is 13.3. The maximum Gasteiger partial charge on any atom is 0.334 e. The third-order valence-electron chi connectivity index (χ3n) is 2.49. The molecule has 1 saturated heterocycles. The van der Waals surface area contributed by atoms with Crippen LogP contribution in [0.5, 0.6) is 0 Å². The molecule has 16 heavy (non-hydrogen) atoms. The van der Waals surface area contributed by atoms with Gasteiger partial charge in [0.05, 0.1) is 13.2 Å². The van der Waals surface area contributed by atoms with Gasteiger partial charge in [-0.3, -0.25) is 5.01 Å². The number of hydrogen-bond acceptors (Lipinski definition) is 4. The summed E-state index contributed by atoms with van der Waals surface area (Å²) in [5, 5.41) is 1.27. The van der Waals surface area contributed by atoms with Gasteiger partial charge in [-0.15, -0.1) is 0 Å². The first kappa shape index (κ1) is 13.2. The first-order chi connectivity index (χ1) is 7.75. The van der Waals surface area contributed by atoms with Crippen molar-refractivity contribution in [3.05, 3.63) is 0 Å². The van der Waals surface area contributed by atoms with Gasteiger partial charge >= 0.3 is 6.03 Å². The standard InChI is InChI=1S/C10H21N3O3/c1-15-8-9-16-7-3-5-12-4-2-6-13(11)10(12)14/h2-9,11H2,1H3. The van der Waals surface area contributed by atoms with E-state index in [0.29, 0.717) is 32.9 Å². The van der Waals surface area contributed by atoms with Gasteiger partial charge in [0.15, 0.2) is 0 Å². The fourth-order valence-electron chi connectivity index (χ4n) is 1.61. The van der Waals surface area contributed by atoms with Gasteiger partial charge in [0.1, 0.15) is 0 Å². The molecule has 0 aromatic carbocycles. The van der Waals surface area contributed by atoms with E-state index in [1.165, 1.54) is 5.01 Å². The van der Waals surface area contributed by atoms with Gasteiger partial charge in [-0.25, -0.2) is 10.6 Å². The molecule has 0 bridgehead atoms. The molecule has 0 atom stereocenters. The Morgan fingerprint density at radius 1 is 1.31 bits per heavy atom. The Kier molecular flexibility index (Phi) is 6.14. The molecule has 0 unspecified atom stereocenters. The van der Waals surface area contributed by atoms with E-state index in [2.05, 4.69) is 0 Å². The number of carbonyl (C=O) groups excluding carboxylic acids is 1. The Bertz CT molecular complexity index is 213. The van der Waals surface area contributed by atoms with Gasteiger partial charge in [-0.05, 0) is 12.8 Å². The quantitative estimate of drug-likeness (QED) is 0.381. The van der Waals surface area contributed by atoms with Crippen molar-refractivity contribution in [3.63, 3.8) is 0 Å². The van der Waals surface area contributed by atoms with E-state index in [1.54, 1.807) is 12.0 Å². The largest absolute Gasteiger partial charge is 0.382 e. The lowest BCUT2D eigenvalue weighted by Crippen LogP contribution is -2.52. The topological polar surface area (TPSA) is 68.0 Å². The smallest absolute Gasteiger partial charge is 0.334 e. The Morgan fingerprint density at radius 2 is 2.12 bits per heavy atom. The molecule has 6 heteroatoms. The van der Waals surface area contributed by atoms with Crippen molar-refractivity contribution in [2.45, 2.75) is 12.8 Å². The van der Waals surface area contributed by atoms with Crippen LogP contribution in [0, 0.1) is 0 Å². The number of hydrogen-bond donors (Lipinski definition) is 1. The van der Waals surface area contributed by atoms with E-state index in [0.717, 1.165) is 19.4 Å². The lowest BCUT2D eigenvalue weighted by Gasteiger charge is -2.32. The summed E-state index contributed by atoms with van der Waals surface area (Å²) < 4.78 is 10.2. The number of ether oxygens (including phenoxy) is 2. The van der Waals surface area contributed by atoms with Crippen molar-refractivity contribution >= 4 is 6.03 Å². The zero-order valence-corrected chi connectivity index (χ0v) is 9.85. The number of carbonyl (C=O) groups is 1. The van der Waals surface area contributed by atoms with Gasteiger partial charge in [-0.2, -0.15) is 0 Å². The number of rotatable bonds is 7. The molecule has 1 heterocycles. The molecule has 1 fully saturated rings. The van der Waals surface area contributed by atoms with Crippen LogP contribution in [0.1, 0.15) is 12.8 Å². The van der Waals surface area contributed by atoms with Crippen LogP contribution in [0.2, 0.25) is 0 Å². The van der Waals surface area contributed by atoms with Crippen LogP contribution in [0.25, 0.3) is 0 Å². The number of amides is 2. The molecule has 94 valence electrons. The number of hydrazine groups is 1.